The zero-order valence-electron chi connectivity index (χ0n) is 23.1. The highest BCUT2D eigenvalue weighted by atomic mass is 16.6. The number of nitrogens with one attached hydrogen (secondary N) is 2. The molecule has 0 spiro atoms. The molecule has 5 rings (SSSR count). The van der Waals surface area contributed by atoms with E-state index in [2.05, 4.69) is 68.3 Å². The Balaban J connectivity index is 0.000000184. The lowest BCUT2D eigenvalue weighted by molar-refractivity contribution is 0.259. The topological polar surface area (TPSA) is 89.1 Å². The van der Waals surface area contributed by atoms with Gasteiger partial charge < -0.3 is 20.5 Å². The van der Waals surface area contributed by atoms with Crippen LogP contribution >= 0.6 is 0 Å². The van der Waals surface area contributed by atoms with Crippen LogP contribution in [0.4, 0.5) is 0 Å². The average molecular weight is 513 g/mol. The van der Waals surface area contributed by atoms with Gasteiger partial charge in [0.1, 0.15) is 0 Å². The Morgan fingerprint density at radius 1 is 0.865 bits per heavy atom. The van der Waals surface area contributed by atoms with Gasteiger partial charge in [-0.25, -0.2) is 0 Å². The molecule has 0 bridgehead atoms. The van der Waals surface area contributed by atoms with E-state index in [1.807, 2.05) is 36.9 Å². The second-order valence-electron chi connectivity index (χ2n) is 10.3. The Bertz CT molecular complexity index is 771. The predicted octanol–water partition coefficient (Wildman–Crippen LogP) is 2.75. The van der Waals surface area contributed by atoms with Crippen molar-refractivity contribution in [1.82, 2.24) is 30.4 Å². The van der Waals surface area contributed by atoms with E-state index in [0.717, 1.165) is 45.3 Å². The first kappa shape index (κ1) is 29.6. The van der Waals surface area contributed by atoms with Gasteiger partial charge in [0.25, 0.3) is 0 Å². The van der Waals surface area contributed by atoms with Crippen molar-refractivity contribution in [2.45, 2.75) is 38.3 Å². The van der Waals surface area contributed by atoms with Crippen molar-refractivity contribution < 1.29 is 9.84 Å². The molecule has 3 aliphatic heterocycles. The fraction of sp³-hybridized carbons (Fsp3) is 0.655. The van der Waals surface area contributed by atoms with Crippen molar-refractivity contribution in [3.05, 3.63) is 60.2 Å². The zero-order chi connectivity index (χ0) is 26.3. The van der Waals surface area contributed by atoms with Crippen molar-refractivity contribution in [1.29, 1.82) is 0 Å². The molecule has 2 aromatic heterocycles. The molecule has 0 aromatic carbocycles. The minimum absolute atomic E-state index is 0.208. The monoisotopic (exact) mass is 512 g/mol. The number of aliphatic hydroxyl groups excluding tert-OH is 1. The molecule has 0 saturated carbocycles. The van der Waals surface area contributed by atoms with Crippen molar-refractivity contribution in [3.63, 3.8) is 0 Å². The van der Waals surface area contributed by atoms with Crippen molar-refractivity contribution >= 4 is 0 Å². The van der Waals surface area contributed by atoms with Crippen LogP contribution in [0.2, 0.25) is 0 Å². The Kier molecular flexibility index (Phi) is 13.5. The number of nitrogens with zero attached hydrogens (tertiary/aromatic N) is 4. The summed E-state index contributed by atoms with van der Waals surface area (Å²) in [6.07, 6.45) is 11.3. The van der Waals surface area contributed by atoms with Gasteiger partial charge in [0.05, 0.1) is 19.8 Å². The van der Waals surface area contributed by atoms with E-state index < -0.39 is 0 Å². The minimum atomic E-state index is 0.208. The first-order valence-corrected chi connectivity index (χ1v) is 14.0. The standard InChI is InChI=1S/C14H23N3.C13H21N3O.C2H4O/c1-3-7-15-11-13-6-9-17(2)14(13)12-5-4-8-16-10-12;1-16-7-4-12(10-15-6-8-17)13(16)11-3-2-5-14-9-11;1-2-3-1/h4-5,8,10,13-15H,3,6-7,9,11H2,1-2H3;2-3,5,9,12-13,15,17H,4,6-8,10H2,1H3;1-2H2. The van der Waals surface area contributed by atoms with Crippen molar-refractivity contribution in [3.8, 4) is 0 Å². The van der Waals surface area contributed by atoms with Gasteiger partial charge in [0.2, 0.25) is 0 Å². The van der Waals surface area contributed by atoms with Crippen LogP contribution in [-0.2, 0) is 4.74 Å². The van der Waals surface area contributed by atoms with Crippen LogP contribution in [0.15, 0.2) is 49.1 Å². The lowest BCUT2D eigenvalue weighted by Gasteiger charge is -2.25. The summed E-state index contributed by atoms with van der Waals surface area (Å²) in [7, 11) is 4.39. The van der Waals surface area contributed by atoms with Gasteiger partial charge in [-0.15, -0.1) is 0 Å². The molecule has 4 atom stereocenters. The number of epoxide rings is 1. The molecule has 8 heteroatoms. The van der Waals surface area contributed by atoms with Crippen molar-refractivity contribution in [2.75, 3.05) is 73.2 Å². The molecule has 0 radical (unpaired) electrons. The van der Waals surface area contributed by atoms with Gasteiger partial charge in [-0.1, -0.05) is 19.1 Å². The van der Waals surface area contributed by atoms with Gasteiger partial charge in [-0.3, -0.25) is 19.8 Å². The second kappa shape index (κ2) is 16.8. The molecule has 3 saturated heterocycles. The fourth-order valence-corrected chi connectivity index (χ4v) is 5.47. The highest BCUT2D eigenvalue weighted by Crippen LogP contribution is 2.36. The Morgan fingerprint density at radius 3 is 1.73 bits per heavy atom. The summed E-state index contributed by atoms with van der Waals surface area (Å²) in [6, 6.07) is 9.38. The van der Waals surface area contributed by atoms with Crippen LogP contribution in [0, 0.1) is 11.8 Å². The SMILES string of the molecule is C1CO1.CCCNCC1CCN(C)C1c1cccnc1.CN1CCC(CNCCO)C1c1cccnc1. The molecule has 0 aliphatic carbocycles. The molecule has 206 valence electrons. The molecular formula is C29H48N6O2. The zero-order valence-corrected chi connectivity index (χ0v) is 23.1. The lowest BCUT2D eigenvalue weighted by Crippen LogP contribution is -2.30. The number of aromatic nitrogens is 2. The smallest absolute Gasteiger partial charge is 0.0701 e. The first-order chi connectivity index (χ1) is 18.2. The Morgan fingerprint density at radius 2 is 1.35 bits per heavy atom. The first-order valence-electron chi connectivity index (χ1n) is 14.0. The molecular weight excluding hydrogens is 464 g/mol. The summed E-state index contributed by atoms with van der Waals surface area (Å²) in [5.74, 6) is 1.33. The number of likely N-dealkylation sites (tertiary alicyclic amines) is 2. The summed E-state index contributed by atoms with van der Waals surface area (Å²) >= 11 is 0. The summed E-state index contributed by atoms with van der Waals surface area (Å²) < 4.78 is 4.50. The van der Waals surface area contributed by atoms with Gasteiger partial charge in [0.15, 0.2) is 0 Å². The van der Waals surface area contributed by atoms with Crippen LogP contribution in [0.1, 0.15) is 49.4 Å². The number of ether oxygens (including phenoxy) is 1. The Hall–Kier alpha value is -1.94. The quantitative estimate of drug-likeness (QED) is 0.331. The largest absolute Gasteiger partial charge is 0.395 e. The molecule has 8 nitrogen and oxygen atoms in total. The average Bonchev–Trinajstić information content (AvgIpc) is 3.71. The summed E-state index contributed by atoms with van der Waals surface area (Å²) in [4.78, 5) is 13.3. The highest BCUT2D eigenvalue weighted by Gasteiger charge is 2.33. The van der Waals surface area contributed by atoms with Crippen LogP contribution in [-0.4, -0.2) is 98.1 Å². The predicted molar refractivity (Wildman–Crippen MR) is 149 cm³/mol. The van der Waals surface area contributed by atoms with E-state index in [9.17, 15) is 0 Å². The van der Waals surface area contributed by atoms with Crippen LogP contribution in [0.3, 0.4) is 0 Å². The molecule has 3 N–H and O–H groups in total. The number of hydrogen-bond donors (Lipinski definition) is 3. The molecule has 5 heterocycles. The van der Waals surface area contributed by atoms with E-state index in [1.165, 1.54) is 36.9 Å². The van der Waals surface area contributed by atoms with Crippen LogP contribution < -0.4 is 10.6 Å². The van der Waals surface area contributed by atoms with E-state index in [1.54, 1.807) is 0 Å². The fourth-order valence-electron chi connectivity index (χ4n) is 5.47. The molecule has 4 unspecified atom stereocenters. The van der Waals surface area contributed by atoms with E-state index in [4.69, 9.17) is 5.11 Å². The third-order valence-electron chi connectivity index (χ3n) is 7.33. The number of pyridine rings is 2. The second-order valence-corrected chi connectivity index (χ2v) is 10.3. The maximum absolute atomic E-state index is 8.79. The van der Waals surface area contributed by atoms with Gasteiger partial charge >= 0.3 is 0 Å². The maximum atomic E-state index is 8.79. The third kappa shape index (κ3) is 10.0. The highest BCUT2D eigenvalue weighted by molar-refractivity contribution is 5.18. The number of aliphatic hydroxyl groups is 1. The number of hydrogen-bond acceptors (Lipinski definition) is 8. The van der Waals surface area contributed by atoms with E-state index >= 15 is 0 Å². The van der Waals surface area contributed by atoms with Gasteiger partial charge in [-0.05, 0) is 101 Å². The molecule has 37 heavy (non-hydrogen) atoms. The lowest BCUT2D eigenvalue weighted by atomic mass is 9.95. The third-order valence-corrected chi connectivity index (χ3v) is 7.33. The Labute approximate surface area is 223 Å². The molecule has 0 amide bonds. The van der Waals surface area contributed by atoms with E-state index in [-0.39, 0.29) is 6.61 Å². The molecule has 3 aliphatic rings. The van der Waals surface area contributed by atoms with Crippen molar-refractivity contribution in [2.24, 2.45) is 11.8 Å². The molecule has 3 fully saturated rings. The summed E-state index contributed by atoms with van der Waals surface area (Å²) in [5.41, 5.74) is 2.65. The van der Waals surface area contributed by atoms with E-state index in [0.29, 0.717) is 24.5 Å². The van der Waals surface area contributed by atoms with Crippen LogP contribution in [0.25, 0.3) is 0 Å². The summed E-state index contributed by atoms with van der Waals surface area (Å²) in [6.45, 7) is 10.6. The van der Waals surface area contributed by atoms with Gasteiger partial charge in [-0.2, -0.15) is 0 Å². The number of rotatable bonds is 10. The normalized spacial score (nSPS) is 25.2. The van der Waals surface area contributed by atoms with Gasteiger partial charge in [0, 0.05) is 43.4 Å². The van der Waals surface area contributed by atoms with Crippen LogP contribution in [0.5, 0.6) is 0 Å². The summed E-state index contributed by atoms with van der Waals surface area (Å²) in [5, 5.41) is 15.6. The minimum Gasteiger partial charge on any atom is -0.395 e. The maximum Gasteiger partial charge on any atom is 0.0701 e. The molecule has 2 aromatic rings.